The zero-order valence-corrected chi connectivity index (χ0v) is 8.49. The molecule has 0 spiro atoms. The smallest absolute Gasteiger partial charge is 0.126 e. The molecule has 0 radical (unpaired) electrons. The number of fused-ring (bicyclic) bond motifs is 1. The van der Waals surface area contributed by atoms with Crippen molar-refractivity contribution in [3.63, 3.8) is 0 Å². The van der Waals surface area contributed by atoms with Gasteiger partial charge in [0.15, 0.2) is 0 Å². The van der Waals surface area contributed by atoms with Crippen LogP contribution in [-0.2, 0) is 0 Å². The molecule has 1 aromatic heterocycles. The first-order chi connectivity index (χ1) is 6.79. The van der Waals surface area contributed by atoms with Crippen molar-refractivity contribution >= 4 is 18.0 Å². The summed E-state index contributed by atoms with van der Waals surface area (Å²) >= 11 is 0. The number of hydrogen-bond donors (Lipinski definition) is 1. The van der Waals surface area contributed by atoms with Crippen molar-refractivity contribution in [3.8, 4) is 0 Å². The van der Waals surface area contributed by atoms with Crippen LogP contribution in [0.4, 0.5) is 5.82 Å². The summed E-state index contributed by atoms with van der Waals surface area (Å²) in [5.41, 5.74) is 2.22. The van der Waals surface area contributed by atoms with Crippen LogP contribution in [0.25, 0.3) is 12.2 Å². The molecule has 1 heterocycles. The minimum absolute atomic E-state index is 0.488. The van der Waals surface area contributed by atoms with Crippen molar-refractivity contribution in [3.05, 3.63) is 35.5 Å². The summed E-state index contributed by atoms with van der Waals surface area (Å²) in [6, 6.07) is 4.08. The van der Waals surface area contributed by atoms with Crippen molar-refractivity contribution in [2.45, 2.75) is 6.92 Å². The standard InChI is InChI=1S/C12H14N2/c1-9-3-5-10-6-8-12(13-2)14-11(10)7-4-9/h3-9H,1-2H3,(H,13,14). The number of allylic oxidation sites excluding steroid dienone is 2. The zero-order valence-electron chi connectivity index (χ0n) is 8.49. The van der Waals surface area contributed by atoms with E-state index in [1.807, 2.05) is 13.1 Å². The van der Waals surface area contributed by atoms with Crippen LogP contribution in [0.15, 0.2) is 24.3 Å². The second-order valence-electron chi connectivity index (χ2n) is 3.50. The molecule has 0 aliphatic heterocycles. The molecule has 1 aliphatic carbocycles. The van der Waals surface area contributed by atoms with Crippen LogP contribution in [0.1, 0.15) is 18.2 Å². The van der Waals surface area contributed by atoms with Crippen LogP contribution in [-0.4, -0.2) is 12.0 Å². The summed E-state index contributed by atoms with van der Waals surface area (Å²) in [5, 5.41) is 3.04. The number of rotatable bonds is 1. The molecule has 0 saturated carbocycles. The summed E-state index contributed by atoms with van der Waals surface area (Å²) in [5.74, 6) is 1.40. The molecule has 1 aliphatic rings. The largest absolute Gasteiger partial charge is 0.373 e. The summed E-state index contributed by atoms with van der Waals surface area (Å²) in [4.78, 5) is 4.48. The van der Waals surface area contributed by atoms with Gasteiger partial charge in [0, 0.05) is 12.6 Å². The van der Waals surface area contributed by atoms with Gasteiger partial charge < -0.3 is 5.32 Å². The van der Waals surface area contributed by atoms with Gasteiger partial charge in [0.2, 0.25) is 0 Å². The maximum atomic E-state index is 4.48. The average molecular weight is 186 g/mol. The van der Waals surface area contributed by atoms with Crippen molar-refractivity contribution in [2.24, 2.45) is 5.92 Å². The SMILES string of the molecule is CNc1ccc2c(n1)C=CC(C)C=C2. The molecule has 1 unspecified atom stereocenters. The zero-order chi connectivity index (χ0) is 9.97. The lowest BCUT2D eigenvalue weighted by molar-refractivity contribution is 0.953. The Balaban J connectivity index is 2.47. The van der Waals surface area contributed by atoms with E-state index in [9.17, 15) is 0 Å². The van der Waals surface area contributed by atoms with Crippen molar-refractivity contribution < 1.29 is 0 Å². The van der Waals surface area contributed by atoms with Gasteiger partial charge in [0.1, 0.15) is 5.82 Å². The third-order valence-corrected chi connectivity index (χ3v) is 2.35. The minimum atomic E-state index is 0.488. The first kappa shape index (κ1) is 9.00. The highest BCUT2D eigenvalue weighted by atomic mass is 15.0. The van der Waals surface area contributed by atoms with Crippen LogP contribution in [0.2, 0.25) is 0 Å². The van der Waals surface area contributed by atoms with E-state index in [0.29, 0.717) is 5.92 Å². The molecule has 0 aromatic carbocycles. The third kappa shape index (κ3) is 1.69. The van der Waals surface area contributed by atoms with Crippen LogP contribution >= 0.6 is 0 Å². The topological polar surface area (TPSA) is 24.9 Å². The molecule has 2 heteroatoms. The first-order valence-electron chi connectivity index (χ1n) is 4.85. The van der Waals surface area contributed by atoms with Gasteiger partial charge in [-0.15, -0.1) is 0 Å². The highest BCUT2D eigenvalue weighted by molar-refractivity contribution is 5.66. The number of nitrogens with one attached hydrogen (secondary N) is 1. The highest BCUT2D eigenvalue weighted by Crippen LogP contribution is 2.19. The summed E-state index contributed by atoms with van der Waals surface area (Å²) in [6.45, 7) is 2.16. The number of anilines is 1. The molecule has 2 nitrogen and oxygen atoms in total. The third-order valence-electron chi connectivity index (χ3n) is 2.35. The number of nitrogens with zero attached hydrogens (tertiary/aromatic N) is 1. The molecule has 0 bridgehead atoms. The Labute approximate surface area is 84.4 Å². The molecule has 0 amide bonds. The van der Waals surface area contributed by atoms with E-state index < -0.39 is 0 Å². The van der Waals surface area contributed by atoms with Gasteiger partial charge >= 0.3 is 0 Å². The van der Waals surface area contributed by atoms with E-state index in [0.717, 1.165) is 11.5 Å². The Kier molecular flexibility index (Phi) is 2.35. The van der Waals surface area contributed by atoms with Crippen LogP contribution in [0.3, 0.4) is 0 Å². The fourth-order valence-electron chi connectivity index (χ4n) is 1.46. The molecule has 72 valence electrons. The summed E-state index contributed by atoms with van der Waals surface area (Å²) < 4.78 is 0. The Morgan fingerprint density at radius 1 is 1.21 bits per heavy atom. The van der Waals surface area contributed by atoms with Crippen molar-refractivity contribution in [2.75, 3.05) is 12.4 Å². The molecule has 1 atom stereocenters. The molecule has 1 N–H and O–H groups in total. The fraction of sp³-hybridized carbons (Fsp3) is 0.250. The van der Waals surface area contributed by atoms with E-state index in [2.05, 4.69) is 47.6 Å². The van der Waals surface area contributed by atoms with Gasteiger partial charge in [-0.3, -0.25) is 0 Å². The van der Waals surface area contributed by atoms with E-state index in [4.69, 9.17) is 0 Å². The first-order valence-corrected chi connectivity index (χ1v) is 4.85. The molecule has 1 aromatic rings. The number of hydrogen-bond acceptors (Lipinski definition) is 2. The van der Waals surface area contributed by atoms with E-state index in [-0.39, 0.29) is 0 Å². The Morgan fingerprint density at radius 3 is 2.79 bits per heavy atom. The van der Waals surface area contributed by atoms with Crippen molar-refractivity contribution in [1.82, 2.24) is 4.98 Å². The summed E-state index contributed by atoms with van der Waals surface area (Å²) in [7, 11) is 1.88. The maximum absolute atomic E-state index is 4.48. The van der Waals surface area contributed by atoms with Gasteiger partial charge in [0.25, 0.3) is 0 Å². The van der Waals surface area contributed by atoms with Gasteiger partial charge in [-0.05, 0) is 24.1 Å². The lowest BCUT2D eigenvalue weighted by atomic mass is 10.1. The van der Waals surface area contributed by atoms with Crippen LogP contribution < -0.4 is 5.32 Å². The average Bonchev–Trinajstić information content (AvgIpc) is 2.40. The number of pyridine rings is 1. The fourth-order valence-corrected chi connectivity index (χ4v) is 1.46. The quantitative estimate of drug-likeness (QED) is 0.729. The van der Waals surface area contributed by atoms with E-state index in [1.165, 1.54) is 5.56 Å². The second-order valence-corrected chi connectivity index (χ2v) is 3.50. The molecule has 0 fully saturated rings. The molecular weight excluding hydrogens is 172 g/mol. The van der Waals surface area contributed by atoms with Crippen LogP contribution in [0.5, 0.6) is 0 Å². The van der Waals surface area contributed by atoms with Gasteiger partial charge in [-0.1, -0.05) is 25.2 Å². The summed E-state index contributed by atoms with van der Waals surface area (Å²) in [6.07, 6.45) is 8.56. The Hall–Kier alpha value is -1.57. The van der Waals surface area contributed by atoms with Gasteiger partial charge in [-0.2, -0.15) is 0 Å². The second kappa shape index (κ2) is 3.66. The molecule has 14 heavy (non-hydrogen) atoms. The predicted octanol–water partition coefficient (Wildman–Crippen LogP) is 2.80. The molecule has 2 rings (SSSR count). The lowest BCUT2D eigenvalue weighted by Crippen LogP contribution is -1.94. The highest BCUT2D eigenvalue weighted by Gasteiger charge is 2.03. The van der Waals surface area contributed by atoms with Crippen LogP contribution in [0, 0.1) is 5.92 Å². The molecule has 0 saturated heterocycles. The van der Waals surface area contributed by atoms with Gasteiger partial charge in [-0.25, -0.2) is 4.98 Å². The predicted molar refractivity (Wildman–Crippen MR) is 61.0 cm³/mol. The normalized spacial score (nSPS) is 18.9. The van der Waals surface area contributed by atoms with Gasteiger partial charge in [0.05, 0.1) is 5.69 Å². The van der Waals surface area contributed by atoms with E-state index in [1.54, 1.807) is 0 Å². The molecular formula is C12H14N2. The Morgan fingerprint density at radius 2 is 2.00 bits per heavy atom. The minimum Gasteiger partial charge on any atom is -0.373 e. The van der Waals surface area contributed by atoms with Crippen molar-refractivity contribution in [1.29, 1.82) is 0 Å². The maximum Gasteiger partial charge on any atom is 0.126 e. The Bertz CT molecular complexity index is 391. The lowest BCUT2D eigenvalue weighted by Gasteiger charge is -2.03. The monoisotopic (exact) mass is 186 g/mol. The van der Waals surface area contributed by atoms with E-state index >= 15 is 0 Å². The number of aromatic nitrogens is 1.